The molecule has 0 aliphatic carbocycles. The van der Waals surface area contributed by atoms with Crippen LogP contribution in [0.2, 0.25) is 5.02 Å². The number of piperazine rings is 1. The number of aliphatic hydroxyl groups excluding tert-OH is 1. The van der Waals surface area contributed by atoms with Crippen LogP contribution in [-0.4, -0.2) is 66.2 Å². The number of anilines is 2. The van der Waals surface area contributed by atoms with Crippen molar-refractivity contribution in [2.75, 3.05) is 35.9 Å². The molecule has 200 valence electrons. The number of nitrogens with one attached hydrogen (secondary N) is 1. The number of rotatable bonds is 7. The second kappa shape index (κ2) is 10.3. The lowest BCUT2D eigenvalue weighted by atomic mass is 10.1. The summed E-state index contributed by atoms with van der Waals surface area (Å²) in [5.41, 5.74) is 1.70. The van der Waals surface area contributed by atoms with E-state index in [1.54, 1.807) is 34.5 Å². The van der Waals surface area contributed by atoms with Crippen molar-refractivity contribution in [1.29, 1.82) is 0 Å². The second-order valence-corrected chi connectivity index (χ2v) is 11.9. The molecule has 9 nitrogen and oxygen atoms in total. The average molecular weight is 566 g/mol. The van der Waals surface area contributed by atoms with Gasteiger partial charge in [0.05, 0.1) is 23.1 Å². The molecule has 0 saturated carbocycles. The number of fused-ring (bicyclic) bond motifs is 1. The first-order valence-corrected chi connectivity index (χ1v) is 14.5. The van der Waals surface area contributed by atoms with Gasteiger partial charge in [0.15, 0.2) is 5.13 Å². The third-order valence-electron chi connectivity index (χ3n) is 6.60. The van der Waals surface area contributed by atoms with Gasteiger partial charge in [-0.2, -0.15) is 0 Å². The minimum Gasteiger partial charge on any atom is -0.394 e. The zero-order chi connectivity index (χ0) is 26.2. The number of nitrogens with zero attached hydrogens (tertiary/aromatic N) is 4. The number of amides is 1. The van der Waals surface area contributed by atoms with Crippen LogP contribution in [0.3, 0.4) is 0 Å². The van der Waals surface area contributed by atoms with Gasteiger partial charge in [0.25, 0.3) is 10.0 Å². The van der Waals surface area contributed by atoms with Crippen LogP contribution in [0.1, 0.15) is 17.2 Å². The number of aromatic nitrogens is 2. The molecule has 0 bridgehead atoms. The number of carbonyl (C=O) groups excluding carboxylic acids is 1. The number of halogens is 1. The van der Waals surface area contributed by atoms with Crippen LogP contribution in [-0.2, 0) is 14.8 Å². The van der Waals surface area contributed by atoms with Crippen molar-refractivity contribution in [3.05, 3.63) is 71.3 Å². The molecule has 0 unspecified atom stereocenters. The smallest absolute Gasteiger partial charge is 0.263 e. The lowest BCUT2D eigenvalue weighted by Crippen LogP contribution is -2.57. The maximum absolute atomic E-state index is 13.5. The number of benzene rings is 2. The monoisotopic (exact) mass is 565 g/mol. The first kappa shape index (κ1) is 25.5. The molecule has 1 saturated heterocycles. The van der Waals surface area contributed by atoms with Gasteiger partial charge < -0.3 is 19.5 Å². The topological polar surface area (TPSA) is 108 Å². The number of carbonyl (C=O) groups is 1. The maximum Gasteiger partial charge on any atom is 0.263 e. The van der Waals surface area contributed by atoms with E-state index in [0.29, 0.717) is 29.8 Å². The van der Waals surface area contributed by atoms with Gasteiger partial charge >= 0.3 is 0 Å². The Morgan fingerprint density at radius 1 is 1.24 bits per heavy atom. The van der Waals surface area contributed by atoms with E-state index >= 15 is 0 Å². The summed E-state index contributed by atoms with van der Waals surface area (Å²) in [6, 6.07) is 13.2. The van der Waals surface area contributed by atoms with Crippen LogP contribution in [0.4, 0.5) is 10.8 Å². The Morgan fingerprint density at radius 2 is 2.03 bits per heavy atom. The molecular formula is C25H32ClN5O4S2. The van der Waals surface area contributed by atoms with Crippen LogP contribution in [0.15, 0.2) is 71.2 Å². The van der Waals surface area contributed by atoms with Crippen molar-refractivity contribution in [1.82, 2.24) is 14.5 Å². The predicted octanol–water partition coefficient (Wildman–Crippen LogP) is 4.56. The first-order valence-electron chi connectivity index (χ1n) is 11.7. The number of aliphatic hydroxyl groups is 1. The normalized spacial score (nSPS) is 17.2. The Bertz CT molecular complexity index is 1520. The molecule has 4 aromatic rings. The predicted molar refractivity (Wildman–Crippen MR) is 152 cm³/mol. The Kier molecular flexibility index (Phi) is 7.13. The highest BCUT2D eigenvalue weighted by molar-refractivity contribution is 7.93. The molecular weight excluding hydrogens is 534 g/mol. The average Bonchev–Trinajstić information content (AvgIpc) is 3.57. The Hall–Kier alpha value is -3.12. The van der Waals surface area contributed by atoms with Crippen LogP contribution in [0.25, 0.3) is 10.9 Å². The molecule has 2 N–H and O–H groups in total. The second-order valence-electron chi connectivity index (χ2n) is 8.85. The number of hydrogen-bond donors (Lipinski definition) is 2. The summed E-state index contributed by atoms with van der Waals surface area (Å²) in [7, 11) is -3.74. The molecule has 37 heavy (non-hydrogen) atoms. The maximum atomic E-state index is 13.5. The van der Waals surface area contributed by atoms with Crippen molar-refractivity contribution in [3.63, 3.8) is 0 Å². The van der Waals surface area contributed by atoms with Crippen molar-refractivity contribution in [2.45, 2.75) is 23.9 Å². The minimum absolute atomic E-state index is 0. The fourth-order valence-corrected chi connectivity index (χ4v) is 6.59. The van der Waals surface area contributed by atoms with E-state index in [0.717, 1.165) is 16.6 Å². The Labute approximate surface area is 228 Å². The third kappa shape index (κ3) is 5.17. The molecule has 3 heterocycles. The van der Waals surface area contributed by atoms with Gasteiger partial charge in [-0.25, -0.2) is 13.4 Å². The summed E-state index contributed by atoms with van der Waals surface area (Å²) in [4.78, 5) is 21.4. The summed E-state index contributed by atoms with van der Waals surface area (Å²) < 4.78 is 29.6. The van der Waals surface area contributed by atoms with E-state index in [4.69, 9.17) is 11.6 Å². The summed E-state index contributed by atoms with van der Waals surface area (Å²) in [6.45, 7) is 3.08. The molecule has 1 aliphatic heterocycles. The highest BCUT2D eigenvalue weighted by atomic mass is 35.5. The highest BCUT2D eigenvalue weighted by Gasteiger charge is 2.33. The fraction of sp³-hybridized carbons (Fsp3) is 0.280. The standard InChI is InChI=1S/C25H26ClN5O4S2.3H2/c1-17(30-10-8-18-2-3-19(26)14-23(18)30)24(33)31-12-11-29(15-21(31)16-32)20-4-6-22(7-5-20)37(34,35)28-25-27-9-13-36-25;;;/h2-10,13-14,17,21,32H,11-12,15-16H2,1H3,(H,27,28);3*1H/t17-,21-;;;/m0.../s1. The van der Waals surface area contributed by atoms with Gasteiger partial charge in [-0.15, -0.1) is 11.3 Å². The summed E-state index contributed by atoms with van der Waals surface area (Å²) in [5.74, 6) is -0.0779. The molecule has 0 spiro atoms. The van der Waals surface area contributed by atoms with Crippen LogP contribution < -0.4 is 9.62 Å². The van der Waals surface area contributed by atoms with Crippen LogP contribution in [0.5, 0.6) is 0 Å². The fourth-order valence-electron chi connectivity index (χ4n) is 4.64. The van der Waals surface area contributed by atoms with E-state index in [2.05, 4.69) is 9.71 Å². The molecule has 5 rings (SSSR count). The van der Waals surface area contributed by atoms with Gasteiger partial charge in [0.1, 0.15) is 6.04 Å². The number of hydrogen-bond acceptors (Lipinski definition) is 7. The Balaban J connectivity index is 0.00000187. The van der Waals surface area contributed by atoms with E-state index < -0.39 is 22.1 Å². The lowest BCUT2D eigenvalue weighted by Gasteiger charge is -2.42. The SMILES string of the molecule is C[C@@H](C(=O)N1CCN(c2ccc(S(=O)(=O)Nc3nccs3)cc2)C[C@H]1CO)n1ccc2ccc(Cl)cc21.[HH].[HH].[HH]. The van der Waals surface area contributed by atoms with Crippen molar-refractivity contribution in [3.8, 4) is 0 Å². The Morgan fingerprint density at radius 3 is 2.73 bits per heavy atom. The molecule has 2 aromatic heterocycles. The zero-order valence-electron chi connectivity index (χ0n) is 20.0. The molecule has 2 atom stereocenters. The van der Waals surface area contributed by atoms with Crippen LogP contribution in [0, 0.1) is 0 Å². The molecule has 1 amide bonds. The van der Waals surface area contributed by atoms with E-state index in [9.17, 15) is 18.3 Å². The third-order valence-corrected chi connectivity index (χ3v) is 9.01. The van der Waals surface area contributed by atoms with Gasteiger partial charge in [-0.3, -0.25) is 9.52 Å². The molecule has 0 radical (unpaired) electrons. The van der Waals surface area contributed by atoms with E-state index in [1.165, 1.54) is 17.5 Å². The quantitative estimate of drug-likeness (QED) is 0.340. The van der Waals surface area contributed by atoms with Crippen molar-refractivity contribution >= 4 is 60.6 Å². The summed E-state index contributed by atoms with van der Waals surface area (Å²) >= 11 is 7.38. The lowest BCUT2D eigenvalue weighted by molar-refractivity contribution is -0.138. The minimum atomic E-state index is -3.74. The number of sulfonamides is 1. The summed E-state index contributed by atoms with van der Waals surface area (Å²) in [6.07, 6.45) is 3.41. The number of thiazole rings is 1. The molecule has 2 aromatic carbocycles. The largest absolute Gasteiger partial charge is 0.394 e. The van der Waals surface area contributed by atoms with E-state index in [1.807, 2.05) is 46.9 Å². The van der Waals surface area contributed by atoms with Gasteiger partial charge in [-0.05, 0) is 54.8 Å². The van der Waals surface area contributed by atoms with Gasteiger partial charge in [-0.1, -0.05) is 17.7 Å². The highest BCUT2D eigenvalue weighted by Crippen LogP contribution is 2.27. The van der Waals surface area contributed by atoms with Gasteiger partial charge in [0.2, 0.25) is 5.91 Å². The van der Waals surface area contributed by atoms with Gasteiger partial charge in [0, 0.05) is 52.4 Å². The molecule has 12 heteroatoms. The zero-order valence-corrected chi connectivity index (χ0v) is 22.4. The first-order chi connectivity index (χ1) is 17.8. The van der Waals surface area contributed by atoms with Crippen molar-refractivity contribution in [2.24, 2.45) is 0 Å². The summed E-state index contributed by atoms with van der Waals surface area (Å²) in [5, 5.41) is 13.7. The van der Waals surface area contributed by atoms with E-state index in [-0.39, 0.29) is 21.7 Å². The molecule has 1 aliphatic rings. The van der Waals surface area contributed by atoms with Crippen LogP contribution >= 0.6 is 22.9 Å². The molecule has 1 fully saturated rings. The van der Waals surface area contributed by atoms with Crippen molar-refractivity contribution < 1.29 is 22.6 Å².